The van der Waals surface area contributed by atoms with E-state index in [-0.39, 0.29) is 16.7 Å². The minimum atomic E-state index is -0.734. The van der Waals surface area contributed by atoms with Gasteiger partial charge in [0.2, 0.25) is 5.91 Å². The van der Waals surface area contributed by atoms with E-state index in [0.29, 0.717) is 17.5 Å². The van der Waals surface area contributed by atoms with E-state index in [9.17, 15) is 14.0 Å². The van der Waals surface area contributed by atoms with Crippen LogP contribution in [0, 0.1) is 5.82 Å². The molecule has 1 heterocycles. The zero-order chi connectivity index (χ0) is 24.0. The smallest absolute Gasteiger partial charge is 0.272 e. The molecule has 0 saturated heterocycles. The van der Waals surface area contributed by atoms with Gasteiger partial charge in [0, 0.05) is 12.1 Å². The maximum Gasteiger partial charge on any atom is 0.272 e. The van der Waals surface area contributed by atoms with Crippen LogP contribution in [0.1, 0.15) is 36.7 Å². The van der Waals surface area contributed by atoms with Gasteiger partial charge in [-0.15, -0.1) is 16.8 Å². The molecule has 2 N–H and O–H groups in total. The number of hydrogen-bond acceptors (Lipinski definition) is 5. The van der Waals surface area contributed by atoms with Crippen molar-refractivity contribution >= 4 is 23.6 Å². The van der Waals surface area contributed by atoms with Crippen LogP contribution in [0.25, 0.3) is 11.4 Å². The van der Waals surface area contributed by atoms with Crippen LogP contribution < -0.4 is 10.9 Å². The number of thioether (sulfide) groups is 1. The molecule has 3 rings (SSSR count). The number of carbonyl (C=O) groups excluding carboxylic acids is 2. The van der Waals surface area contributed by atoms with Gasteiger partial charge >= 0.3 is 0 Å². The van der Waals surface area contributed by atoms with Crippen LogP contribution in [0.15, 0.2) is 66.3 Å². The lowest BCUT2D eigenvalue weighted by Crippen LogP contribution is -2.42. The minimum Gasteiger partial charge on any atom is -0.298 e. The Bertz CT molecular complexity index is 1150. The SMILES string of the molecule is C=CCn1c(SCC(=O)NNC(=O)c2ccccc2F)nnc1-c1ccc(C(C)(C)C)cc1. The summed E-state index contributed by atoms with van der Waals surface area (Å²) in [6.07, 6.45) is 1.73. The highest BCUT2D eigenvalue weighted by molar-refractivity contribution is 7.99. The van der Waals surface area contributed by atoms with E-state index >= 15 is 0 Å². The van der Waals surface area contributed by atoms with E-state index in [1.54, 1.807) is 6.08 Å². The normalized spacial score (nSPS) is 11.2. The molecule has 0 unspecified atom stereocenters. The van der Waals surface area contributed by atoms with Crippen molar-refractivity contribution in [2.24, 2.45) is 0 Å². The number of halogens is 1. The van der Waals surface area contributed by atoms with E-state index in [1.807, 2.05) is 16.7 Å². The topological polar surface area (TPSA) is 88.9 Å². The number of benzene rings is 2. The number of aromatic nitrogens is 3. The molecule has 0 spiro atoms. The number of nitrogens with zero attached hydrogens (tertiary/aromatic N) is 3. The van der Waals surface area contributed by atoms with Crippen LogP contribution in [0.4, 0.5) is 4.39 Å². The summed E-state index contributed by atoms with van der Waals surface area (Å²) in [6, 6.07) is 13.7. The molecule has 172 valence electrons. The van der Waals surface area contributed by atoms with Gasteiger partial charge in [-0.25, -0.2) is 4.39 Å². The molecule has 33 heavy (non-hydrogen) atoms. The fraction of sp³-hybridized carbons (Fsp3) is 0.250. The largest absolute Gasteiger partial charge is 0.298 e. The van der Waals surface area contributed by atoms with Crippen LogP contribution in [0.2, 0.25) is 0 Å². The Hall–Kier alpha value is -3.46. The summed E-state index contributed by atoms with van der Waals surface area (Å²) >= 11 is 1.17. The summed E-state index contributed by atoms with van der Waals surface area (Å²) in [6.45, 7) is 10.7. The molecule has 0 aliphatic heterocycles. The molecule has 0 fully saturated rings. The molecule has 0 aliphatic rings. The Morgan fingerprint density at radius 2 is 1.79 bits per heavy atom. The highest BCUT2D eigenvalue weighted by Gasteiger charge is 2.18. The molecule has 0 bridgehead atoms. The van der Waals surface area contributed by atoms with Crippen molar-refractivity contribution in [3.8, 4) is 11.4 Å². The number of hydrogen-bond donors (Lipinski definition) is 2. The van der Waals surface area contributed by atoms with Gasteiger partial charge in [-0.3, -0.25) is 25.0 Å². The van der Waals surface area contributed by atoms with Crippen molar-refractivity contribution in [1.29, 1.82) is 0 Å². The zero-order valence-corrected chi connectivity index (χ0v) is 19.6. The molecule has 0 atom stereocenters. The van der Waals surface area contributed by atoms with Crippen LogP contribution in [0.3, 0.4) is 0 Å². The van der Waals surface area contributed by atoms with E-state index in [2.05, 4.69) is 60.5 Å². The number of nitrogens with one attached hydrogen (secondary N) is 2. The predicted molar refractivity (Wildman–Crippen MR) is 127 cm³/mol. The molecule has 3 aromatic rings. The van der Waals surface area contributed by atoms with Gasteiger partial charge < -0.3 is 0 Å². The fourth-order valence-electron chi connectivity index (χ4n) is 3.03. The number of hydrazine groups is 1. The van der Waals surface area contributed by atoms with Gasteiger partial charge in [-0.1, -0.05) is 75.0 Å². The monoisotopic (exact) mass is 467 g/mol. The van der Waals surface area contributed by atoms with E-state index < -0.39 is 17.6 Å². The fourth-order valence-corrected chi connectivity index (χ4v) is 3.78. The molecular formula is C24H26FN5O2S. The van der Waals surface area contributed by atoms with Crippen LogP contribution in [0.5, 0.6) is 0 Å². The minimum absolute atomic E-state index is 0.0181. The molecule has 2 aromatic carbocycles. The molecule has 1 aromatic heterocycles. The quantitative estimate of drug-likeness (QED) is 0.310. The van der Waals surface area contributed by atoms with Gasteiger partial charge in [0.1, 0.15) is 5.82 Å². The number of amides is 2. The van der Waals surface area contributed by atoms with Crippen molar-refractivity contribution in [1.82, 2.24) is 25.6 Å². The second-order valence-electron chi connectivity index (χ2n) is 8.30. The first kappa shape index (κ1) is 24.2. The van der Waals surface area contributed by atoms with E-state index in [0.717, 1.165) is 5.56 Å². The summed E-state index contributed by atoms with van der Waals surface area (Å²) in [5, 5.41) is 9.06. The lowest BCUT2D eigenvalue weighted by molar-refractivity contribution is -0.119. The molecule has 2 amide bonds. The Labute approximate surface area is 196 Å². The molecular weight excluding hydrogens is 441 g/mol. The summed E-state index contributed by atoms with van der Waals surface area (Å²) in [7, 11) is 0. The second kappa shape index (κ2) is 10.4. The Balaban J connectivity index is 1.65. The summed E-state index contributed by atoms with van der Waals surface area (Å²) in [5.41, 5.74) is 6.51. The van der Waals surface area contributed by atoms with Crippen molar-refractivity contribution in [3.05, 3.63) is 78.1 Å². The standard InChI is InChI=1S/C24H26FN5O2S/c1-5-14-30-21(16-10-12-17(13-11-16)24(2,3)4)27-29-23(30)33-15-20(31)26-28-22(32)18-8-6-7-9-19(18)25/h5-13H,1,14-15H2,2-4H3,(H,26,31)(H,28,32). The summed E-state index contributed by atoms with van der Waals surface area (Å²) in [4.78, 5) is 24.2. The first-order valence-electron chi connectivity index (χ1n) is 10.3. The van der Waals surface area contributed by atoms with E-state index in [4.69, 9.17) is 0 Å². The number of rotatable bonds is 7. The van der Waals surface area contributed by atoms with Gasteiger partial charge in [0.15, 0.2) is 11.0 Å². The Morgan fingerprint density at radius 1 is 1.09 bits per heavy atom. The van der Waals surface area contributed by atoms with Gasteiger partial charge in [-0.2, -0.15) is 0 Å². The molecule has 0 aliphatic carbocycles. The first-order chi connectivity index (χ1) is 15.7. The third-order valence-electron chi connectivity index (χ3n) is 4.80. The average molecular weight is 468 g/mol. The lowest BCUT2D eigenvalue weighted by Gasteiger charge is -2.19. The predicted octanol–water partition coefficient (Wildman–Crippen LogP) is 4.12. The van der Waals surface area contributed by atoms with Crippen LogP contribution in [-0.4, -0.2) is 32.3 Å². The highest BCUT2D eigenvalue weighted by Crippen LogP contribution is 2.27. The van der Waals surface area contributed by atoms with Crippen molar-refractivity contribution in [2.75, 3.05) is 5.75 Å². The van der Waals surface area contributed by atoms with Crippen LogP contribution >= 0.6 is 11.8 Å². The first-order valence-corrected chi connectivity index (χ1v) is 11.3. The van der Waals surface area contributed by atoms with Gasteiger partial charge in [-0.05, 0) is 23.1 Å². The summed E-state index contributed by atoms with van der Waals surface area (Å²) in [5.74, 6) is -1.21. The van der Waals surface area contributed by atoms with Crippen molar-refractivity contribution in [3.63, 3.8) is 0 Å². The van der Waals surface area contributed by atoms with Crippen molar-refractivity contribution in [2.45, 2.75) is 37.9 Å². The third-order valence-corrected chi connectivity index (χ3v) is 5.77. The lowest BCUT2D eigenvalue weighted by atomic mass is 9.87. The average Bonchev–Trinajstić information content (AvgIpc) is 3.18. The number of carbonyl (C=O) groups is 2. The molecule has 0 saturated carbocycles. The molecule has 0 radical (unpaired) electrons. The third kappa shape index (κ3) is 6.07. The number of allylic oxidation sites excluding steroid dienone is 1. The van der Waals surface area contributed by atoms with Gasteiger partial charge in [0.05, 0.1) is 11.3 Å². The summed E-state index contributed by atoms with van der Waals surface area (Å²) < 4.78 is 15.5. The molecule has 9 heteroatoms. The molecule has 7 nitrogen and oxygen atoms in total. The highest BCUT2D eigenvalue weighted by atomic mass is 32.2. The Morgan fingerprint density at radius 3 is 2.42 bits per heavy atom. The van der Waals surface area contributed by atoms with Gasteiger partial charge in [0.25, 0.3) is 5.91 Å². The zero-order valence-electron chi connectivity index (χ0n) is 18.8. The maximum absolute atomic E-state index is 13.7. The van der Waals surface area contributed by atoms with Crippen molar-refractivity contribution < 1.29 is 14.0 Å². The second-order valence-corrected chi connectivity index (χ2v) is 9.25. The van der Waals surface area contributed by atoms with E-state index in [1.165, 1.54) is 41.6 Å². The van der Waals surface area contributed by atoms with Crippen LogP contribution in [-0.2, 0) is 16.8 Å². The Kier molecular flexibility index (Phi) is 7.65. The maximum atomic E-state index is 13.7.